The summed E-state index contributed by atoms with van der Waals surface area (Å²) in [6.07, 6.45) is 2.33. The molecule has 130 valence electrons. The van der Waals surface area contributed by atoms with Crippen molar-refractivity contribution in [1.82, 2.24) is 20.0 Å². The number of aromatic amines is 2. The van der Waals surface area contributed by atoms with Crippen molar-refractivity contribution in [2.45, 2.75) is 30.8 Å². The Hall–Kier alpha value is -2.34. The lowest BCUT2D eigenvalue weighted by molar-refractivity contribution is -0.00358. The number of nitrogens with zero attached hydrogens (tertiary/aromatic N) is 2. The van der Waals surface area contributed by atoms with Gasteiger partial charge in [-0.3, -0.25) is 24.7 Å². The van der Waals surface area contributed by atoms with Gasteiger partial charge in [-0.05, 0) is 37.4 Å². The highest BCUT2D eigenvalue weighted by Gasteiger charge is 2.54. The number of fused-ring (bicyclic) bond motifs is 2. The molecule has 6 nitrogen and oxygen atoms in total. The molecule has 2 aromatic rings. The van der Waals surface area contributed by atoms with Crippen molar-refractivity contribution in [3.63, 3.8) is 0 Å². The first-order chi connectivity index (χ1) is 12.2. The van der Waals surface area contributed by atoms with Gasteiger partial charge in [-0.2, -0.15) is 0 Å². The van der Waals surface area contributed by atoms with Crippen molar-refractivity contribution in [3.05, 3.63) is 58.0 Å². The zero-order valence-corrected chi connectivity index (χ0v) is 14.0. The average molecular weight is 338 g/mol. The Kier molecular flexibility index (Phi) is 3.35. The van der Waals surface area contributed by atoms with E-state index in [2.05, 4.69) is 39.4 Å². The van der Waals surface area contributed by atoms with Gasteiger partial charge in [-0.25, -0.2) is 0 Å². The lowest BCUT2D eigenvalue weighted by Crippen LogP contribution is -2.60. The SMILES string of the molecule is O=C(c1cc(=O)[nH][nH]1)N1C[C@H](c2ccccc2)[C@H]2[C@@H]1C1CCN2CC1. The van der Waals surface area contributed by atoms with Crippen LogP contribution < -0.4 is 5.56 Å². The van der Waals surface area contributed by atoms with E-state index in [1.54, 1.807) is 0 Å². The summed E-state index contributed by atoms with van der Waals surface area (Å²) in [5, 5.41) is 5.22. The number of benzene rings is 1. The van der Waals surface area contributed by atoms with Crippen molar-refractivity contribution < 1.29 is 4.79 Å². The number of nitrogens with one attached hydrogen (secondary N) is 2. The fourth-order valence-electron chi connectivity index (χ4n) is 5.25. The molecule has 6 heteroatoms. The van der Waals surface area contributed by atoms with Crippen LogP contribution in [0.2, 0.25) is 0 Å². The summed E-state index contributed by atoms with van der Waals surface area (Å²) in [5.41, 5.74) is 1.42. The summed E-state index contributed by atoms with van der Waals surface area (Å²) in [4.78, 5) is 29.1. The zero-order chi connectivity index (χ0) is 17.0. The topological polar surface area (TPSA) is 72.2 Å². The molecule has 1 aromatic carbocycles. The summed E-state index contributed by atoms with van der Waals surface area (Å²) < 4.78 is 0. The summed E-state index contributed by atoms with van der Waals surface area (Å²) in [5.74, 6) is 0.850. The first-order valence-corrected chi connectivity index (χ1v) is 9.10. The van der Waals surface area contributed by atoms with Gasteiger partial charge in [0.15, 0.2) is 0 Å². The molecule has 0 radical (unpaired) electrons. The van der Waals surface area contributed by atoms with E-state index in [1.807, 2.05) is 11.0 Å². The van der Waals surface area contributed by atoms with Crippen LogP contribution in [0.4, 0.5) is 0 Å². The Bertz CT molecular complexity index is 834. The van der Waals surface area contributed by atoms with E-state index >= 15 is 0 Å². The highest BCUT2D eigenvalue weighted by atomic mass is 16.2. The largest absolute Gasteiger partial charge is 0.332 e. The number of likely N-dealkylation sites (tertiary alicyclic amines) is 1. The Morgan fingerprint density at radius 3 is 2.48 bits per heavy atom. The van der Waals surface area contributed by atoms with Gasteiger partial charge in [0.25, 0.3) is 11.5 Å². The fraction of sp³-hybridized carbons (Fsp3) is 0.474. The summed E-state index contributed by atoms with van der Waals surface area (Å²) in [6, 6.07) is 12.6. The number of amides is 1. The first kappa shape index (κ1) is 15.0. The number of carbonyl (C=O) groups excluding carboxylic acids is 1. The highest BCUT2D eigenvalue weighted by Crippen LogP contribution is 2.46. The monoisotopic (exact) mass is 338 g/mol. The van der Waals surface area contributed by atoms with Crippen LogP contribution in [-0.2, 0) is 0 Å². The Morgan fingerprint density at radius 2 is 1.80 bits per heavy atom. The molecule has 4 saturated heterocycles. The van der Waals surface area contributed by atoms with E-state index in [0.717, 1.165) is 32.5 Å². The molecule has 2 bridgehead atoms. The Labute approximate surface area is 145 Å². The lowest BCUT2D eigenvalue weighted by atomic mass is 9.75. The zero-order valence-electron chi connectivity index (χ0n) is 14.0. The van der Waals surface area contributed by atoms with Crippen LogP contribution in [0.5, 0.6) is 0 Å². The normalized spacial score (nSPS) is 33.4. The van der Waals surface area contributed by atoms with Crippen LogP contribution in [0.3, 0.4) is 0 Å². The van der Waals surface area contributed by atoms with Gasteiger partial charge < -0.3 is 4.90 Å². The summed E-state index contributed by atoms with van der Waals surface area (Å²) >= 11 is 0. The summed E-state index contributed by atoms with van der Waals surface area (Å²) in [7, 11) is 0. The molecule has 0 aliphatic carbocycles. The molecule has 25 heavy (non-hydrogen) atoms. The Balaban J connectivity index is 1.54. The van der Waals surface area contributed by atoms with Gasteiger partial charge in [0.1, 0.15) is 5.69 Å². The molecule has 0 spiro atoms. The van der Waals surface area contributed by atoms with Crippen molar-refractivity contribution in [3.8, 4) is 0 Å². The molecular weight excluding hydrogens is 316 g/mol. The van der Waals surface area contributed by atoms with Crippen LogP contribution >= 0.6 is 0 Å². The average Bonchev–Trinajstić information content (AvgIpc) is 3.28. The molecule has 1 amide bonds. The molecule has 6 rings (SSSR count). The van der Waals surface area contributed by atoms with E-state index in [4.69, 9.17) is 0 Å². The standard InChI is InChI=1S/C19H22N4O2/c24-16-10-15(20-21-16)19(25)23-11-14(12-4-2-1-3-5-12)18-17(23)13-6-8-22(18)9-7-13/h1-5,10,13-14,17-18H,6-9,11H2,(H2,20,21,24)/t14-,17+,18+/m1/s1. The van der Waals surface area contributed by atoms with E-state index < -0.39 is 0 Å². The maximum absolute atomic E-state index is 13.1. The second-order valence-electron chi connectivity index (χ2n) is 7.50. The molecule has 4 aliphatic heterocycles. The van der Waals surface area contributed by atoms with Crippen molar-refractivity contribution in [2.75, 3.05) is 19.6 Å². The van der Waals surface area contributed by atoms with E-state index in [1.165, 1.54) is 11.6 Å². The maximum Gasteiger partial charge on any atom is 0.272 e. The van der Waals surface area contributed by atoms with Crippen molar-refractivity contribution in [2.24, 2.45) is 5.92 Å². The van der Waals surface area contributed by atoms with E-state index in [0.29, 0.717) is 23.6 Å². The first-order valence-electron chi connectivity index (χ1n) is 9.10. The molecule has 4 fully saturated rings. The quantitative estimate of drug-likeness (QED) is 0.869. The number of hydrogen-bond acceptors (Lipinski definition) is 3. The summed E-state index contributed by atoms with van der Waals surface area (Å²) in [6.45, 7) is 2.99. The van der Waals surface area contributed by atoms with Gasteiger partial charge >= 0.3 is 0 Å². The van der Waals surface area contributed by atoms with Gasteiger partial charge in [0, 0.05) is 24.6 Å². The number of carbonyl (C=O) groups is 1. The highest BCUT2D eigenvalue weighted by molar-refractivity contribution is 5.92. The third-order valence-electron chi connectivity index (χ3n) is 6.31. The minimum atomic E-state index is -0.257. The smallest absolute Gasteiger partial charge is 0.272 e. The van der Waals surface area contributed by atoms with Gasteiger partial charge in [0.2, 0.25) is 0 Å². The van der Waals surface area contributed by atoms with Crippen LogP contribution in [0.25, 0.3) is 0 Å². The number of hydrogen-bond donors (Lipinski definition) is 2. The fourth-order valence-corrected chi connectivity index (χ4v) is 5.25. The molecule has 4 aliphatic rings. The molecule has 0 saturated carbocycles. The minimum Gasteiger partial charge on any atom is -0.332 e. The van der Waals surface area contributed by atoms with Crippen molar-refractivity contribution in [1.29, 1.82) is 0 Å². The van der Waals surface area contributed by atoms with Crippen molar-refractivity contribution >= 4 is 5.91 Å². The number of H-pyrrole nitrogens is 2. The predicted octanol–water partition coefficient (Wildman–Crippen LogP) is 1.41. The van der Waals surface area contributed by atoms with Crippen LogP contribution in [0.1, 0.15) is 34.8 Å². The molecular formula is C19H22N4O2. The Morgan fingerprint density at radius 1 is 1.04 bits per heavy atom. The van der Waals surface area contributed by atoms with Crippen LogP contribution in [0.15, 0.2) is 41.2 Å². The minimum absolute atomic E-state index is 0.0551. The third kappa shape index (κ3) is 2.28. The second kappa shape index (κ2) is 5.59. The number of rotatable bonds is 2. The van der Waals surface area contributed by atoms with Crippen LogP contribution in [-0.4, -0.2) is 57.6 Å². The maximum atomic E-state index is 13.1. The van der Waals surface area contributed by atoms with E-state index in [9.17, 15) is 9.59 Å². The third-order valence-corrected chi connectivity index (χ3v) is 6.31. The number of piperidine rings is 3. The molecule has 5 heterocycles. The number of aromatic nitrogens is 2. The molecule has 2 N–H and O–H groups in total. The molecule has 1 aromatic heterocycles. The molecule has 3 atom stereocenters. The van der Waals surface area contributed by atoms with Gasteiger partial charge in [-0.1, -0.05) is 30.3 Å². The van der Waals surface area contributed by atoms with Gasteiger partial charge in [-0.15, -0.1) is 0 Å². The van der Waals surface area contributed by atoms with Gasteiger partial charge in [0.05, 0.1) is 6.04 Å². The lowest BCUT2D eigenvalue weighted by Gasteiger charge is -2.51. The predicted molar refractivity (Wildman–Crippen MR) is 93.5 cm³/mol. The molecule has 0 unspecified atom stereocenters. The second-order valence-corrected chi connectivity index (χ2v) is 7.50. The van der Waals surface area contributed by atoms with Crippen LogP contribution in [0, 0.1) is 5.92 Å². The van der Waals surface area contributed by atoms with E-state index in [-0.39, 0.29) is 17.5 Å².